The molecule has 292 valence electrons. The van der Waals surface area contributed by atoms with Gasteiger partial charge in [0.2, 0.25) is 0 Å². The van der Waals surface area contributed by atoms with Crippen molar-refractivity contribution in [3.8, 4) is 27.9 Å². The Hall–Kier alpha value is -8.20. The van der Waals surface area contributed by atoms with Gasteiger partial charge in [-0.25, -0.2) is 0 Å². The molecule has 1 heterocycles. The van der Waals surface area contributed by atoms with E-state index >= 15 is 0 Å². The minimum atomic E-state index is -0.595. The van der Waals surface area contributed by atoms with E-state index in [0.717, 1.165) is 22.7 Å². The number of rotatable bonds is 4. The van der Waals surface area contributed by atoms with E-state index in [1.54, 1.807) is 0 Å². The van der Waals surface area contributed by atoms with Gasteiger partial charge in [0.15, 0.2) is 0 Å². The van der Waals surface area contributed by atoms with Gasteiger partial charge in [-0.2, -0.15) is 0 Å². The van der Waals surface area contributed by atoms with Crippen molar-refractivity contribution in [2.45, 2.75) is 5.41 Å². The van der Waals surface area contributed by atoms with Crippen LogP contribution in [-0.4, -0.2) is 4.57 Å². The number of nitrogens with zero attached hydrogens (tertiary/aromatic N) is 2. The van der Waals surface area contributed by atoms with Crippen molar-refractivity contribution in [3.05, 3.63) is 253 Å². The SMILES string of the molecule is c1ccc(-n2c3ccccc3c3ccc(N(c4ccc5c(c4)C4(c6ccccc6-c6cccc7cccc4c67)c4cccc6cccc-5c46)c4ccc5ccccc5c4)cc32)cc1. The van der Waals surface area contributed by atoms with Crippen LogP contribution in [0.15, 0.2) is 231 Å². The van der Waals surface area contributed by atoms with Crippen LogP contribution in [0, 0.1) is 0 Å². The zero-order valence-corrected chi connectivity index (χ0v) is 34.3. The molecule has 0 saturated carbocycles. The summed E-state index contributed by atoms with van der Waals surface area (Å²) < 4.78 is 2.42. The zero-order chi connectivity index (χ0) is 41.2. The van der Waals surface area contributed by atoms with Gasteiger partial charge in [0, 0.05) is 33.5 Å². The van der Waals surface area contributed by atoms with Crippen molar-refractivity contribution in [3.63, 3.8) is 0 Å². The Morgan fingerprint density at radius 1 is 0.302 bits per heavy atom. The Morgan fingerprint density at radius 3 is 1.60 bits per heavy atom. The average molecular weight is 799 g/mol. The fraction of sp³-hybridized carbons (Fsp3) is 0.0164. The van der Waals surface area contributed by atoms with Crippen LogP contribution >= 0.6 is 0 Å². The van der Waals surface area contributed by atoms with Gasteiger partial charge in [0.05, 0.1) is 16.4 Å². The largest absolute Gasteiger partial charge is 0.310 e. The van der Waals surface area contributed by atoms with Gasteiger partial charge in [-0.3, -0.25) is 0 Å². The predicted octanol–water partition coefficient (Wildman–Crippen LogP) is 16.1. The first-order chi connectivity index (χ1) is 31.3. The van der Waals surface area contributed by atoms with Crippen LogP contribution in [0.1, 0.15) is 22.3 Å². The highest BCUT2D eigenvalue weighted by Gasteiger charge is 2.48. The van der Waals surface area contributed by atoms with Crippen molar-refractivity contribution < 1.29 is 0 Å². The van der Waals surface area contributed by atoms with E-state index < -0.39 is 5.41 Å². The summed E-state index contributed by atoms with van der Waals surface area (Å²) in [6.07, 6.45) is 0. The maximum atomic E-state index is 2.53. The topological polar surface area (TPSA) is 8.17 Å². The number of hydrogen-bond donors (Lipinski definition) is 0. The molecule has 2 aliphatic rings. The second kappa shape index (κ2) is 12.9. The molecule has 12 aromatic rings. The highest BCUT2D eigenvalue weighted by Crippen LogP contribution is 2.61. The molecule has 0 amide bonds. The molecular formula is C61H38N2. The molecular weight excluding hydrogens is 761 g/mol. The first kappa shape index (κ1) is 34.5. The third-order valence-electron chi connectivity index (χ3n) is 14.1. The van der Waals surface area contributed by atoms with Crippen molar-refractivity contribution in [2.75, 3.05) is 4.90 Å². The average Bonchev–Trinajstić information content (AvgIpc) is 3.68. The number of anilines is 3. The number of fused-ring (bicyclic) bond motifs is 12. The molecule has 0 fully saturated rings. The molecule has 0 N–H and O–H groups in total. The highest BCUT2D eigenvalue weighted by atomic mass is 15.1. The Morgan fingerprint density at radius 2 is 0.825 bits per heavy atom. The number of para-hydroxylation sites is 2. The molecule has 0 aliphatic heterocycles. The van der Waals surface area contributed by atoms with E-state index in [4.69, 9.17) is 0 Å². The van der Waals surface area contributed by atoms with E-state index in [1.807, 2.05) is 0 Å². The Balaban J connectivity index is 1.11. The molecule has 1 aromatic heterocycles. The molecule has 0 bridgehead atoms. The third kappa shape index (κ3) is 4.67. The summed E-state index contributed by atoms with van der Waals surface area (Å²) in [4.78, 5) is 2.48. The normalized spacial score (nSPS) is 14.7. The molecule has 2 nitrogen and oxygen atoms in total. The van der Waals surface area contributed by atoms with Crippen LogP contribution in [0.3, 0.4) is 0 Å². The van der Waals surface area contributed by atoms with Gasteiger partial charge < -0.3 is 9.47 Å². The molecule has 0 saturated heterocycles. The molecule has 1 atom stereocenters. The summed E-state index contributed by atoms with van der Waals surface area (Å²) >= 11 is 0. The van der Waals surface area contributed by atoms with Crippen LogP contribution in [0.5, 0.6) is 0 Å². The summed E-state index contributed by atoms with van der Waals surface area (Å²) in [5.74, 6) is 0. The minimum Gasteiger partial charge on any atom is -0.310 e. The zero-order valence-electron chi connectivity index (χ0n) is 34.3. The Kier molecular flexibility index (Phi) is 7.07. The van der Waals surface area contributed by atoms with Crippen molar-refractivity contribution in [1.29, 1.82) is 0 Å². The summed E-state index contributed by atoms with van der Waals surface area (Å²) in [6.45, 7) is 0. The second-order valence-electron chi connectivity index (χ2n) is 17.2. The fourth-order valence-corrected chi connectivity index (χ4v) is 11.6. The van der Waals surface area contributed by atoms with Crippen molar-refractivity contribution in [1.82, 2.24) is 4.57 Å². The maximum absolute atomic E-state index is 2.53. The lowest BCUT2D eigenvalue weighted by molar-refractivity contribution is 0.754. The quantitative estimate of drug-likeness (QED) is 0.172. The van der Waals surface area contributed by atoms with Gasteiger partial charge >= 0.3 is 0 Å². The van der Waals surface area contributed by atoms with Gasteiger partial charge in [0.25, 0.3) is 0 Å². The maximum Gasteiger partial charge on any atom is 0.0726 e. The second-order valence-corrected chi connectivity index (χ2v) is 17.2. The van der Waals surface area contributed by atoms with Crippen LogP contribution in [0.4, 0.5) is 17.1 Å². The van der Waals surface area contributed by atoms with Crippen LogP contribution in [0.2, 0.25) is 0 Å². The Bertz CT molecular complexity index is 3850. The first-order valence-electron chi connectivity index (χ1n) is 21.9. The van der Waals surface area contributed by atoms with Gasteiger partial charge in [0.1, 0.15) is 0 Å². The molecule has 63 heavy (non-hydrogen) atoms. The van der Waals surface area contributed by atoms with Crippen molar-refractivity contribution >= 4 is 71.2 Å². The van der Waals surface area contributed by atoms with E-state index in [9.17, 15) is 0 Å². The lowest BCUT2D eigenvalue weighted by atomic mass is 9.55. The van der Waals surface area contributed by atoms with E-state index in [0.29, 0.717) is 0 Å². The molecule has 2 heteroatoms. The standard InChI is InChI=1S/C61H38N2/c1-2-20-43(21-3-1)63-57-29-9-7-23-49(57)50-35-33-46(38-58(50)63)62(44-31-30-39-14-4-5-15-42(39)36-44)45-32-34-48-52-25-11-17-41-19-13-28-55(60(41)52)61(56(48)37-45)53-26-8-6-22-47(53)51-24-10-16-40-18-12-27-54(61)59(40)51/h1-38H. The summed E-state index contributed by atoms with van der Waals surface area (Å²) in [6, 6.07) is 86.2. The number of benzene rings is 11. The van der Waals surface area contributed by atoms with E-state index in [-0.39, 0.29) is 0 Å². The monoisotopic (exact) mass is 798 g/mol. The van der Waals surface area contributed by atoms with Crippen LogP contribution in [-0.2, 0) is 5.41 Å². The summed E-state index contributed by atoms with van der Waals surface area (Å²) in [7, 11) is 0. The predicted molar refractivity (Wildman–Crippen MR) is 264 cm³/mol. The first-order valence-corrected chi connectivity index (χ1v) is 21.9. The van der Waals surface area contributed by atoms with E-state index in [1.165, 1.54) is 98.6 Å². The minimum absolute atomic E-state index is 0.595. The van der Waals surface area contributed by atoms with Gasteiger partial charge in [-0.05, 0) is 131 Å². The molecule has 0 radical (unpaired) electrons. The lowest BCUT2D eigenvalue weighted by Gasteiger charge is -2.46. The molecule has 1 unspecified atom stereocenters. The lowest BCUT2D eigenvalue weighted by Crippen LogP contribution is -2.36. The number of aromatic nitrogens is 1. The highest BCUT2D eigenvalue weighted by molar-refractivity contribution is 6.12. The van der Waals surface area contributed by atoms with E-state index in [2.05, 4.69) is 240 Å². The van der Waals surface area contributed by atoms with Crippen LogP contribution in [0.25, 0.3) is 82.1 Å². The fourth-order valence-electron chi connectivity index (χ4n) is 11.6. The molecule has 14 rings (SSSR count). The Labute approximate surface area is 365 Å². The molecule has 2 aliphatic carbocycles. The van der Waals surface area contributed by atoms with Crippen molar-refractivity contribution in [2.24, 2.45) is 0 Å². The van der Waals surface area contributed by atoms with Gasteiger partial charge in [-0.1, -0.05) is 176 Å². The smallest absolute Gasteiger partial charge is 0.0726 e. The molecule has 1 spiro atoms. The molecule has 11 aromatic carbocycles. The summed E-state index contributed by atoms with van der Waals surface area (Å²) in [5.41, 5.74) is 16.7. The van der Waals surface area contributed by atoms with Gasteiger partial charge in [-0.15, -0.1) is 0 Å². The van der Waals surface area contributed by atoms with Crippen LogP contribution < -0.4 is 4.90 Å². The third-order valence-corrected chi connectivity index (χ3v) is 14.1. The number of hydrogen-bond acceptors (Lipinski definition) is 1. The summed E-state index contributed by atoms with van der Waals surface area (Å²) in [5, 5.41) is 10.1.